The lowest BCUT2D eigenvalue weighted by molar-refractivity contribution is 0.0514. The molecular weight excluding hydrogens is 325 g/mol. The molecule has 1 aromatic heterocycles. The topological polar surface area (TPSA) is 61.6 Å². The molecule has 0 saturated carbocycles. The molecule has 0 aliphatic heterocycles. The predicted molar refractivity (Wildman–Crippen MR) is 88.6 cm³/mol. The summed E-state index contributed by atoms with van der Waals surface area (Å²) in [7, 11) is 0. The van der Waals surface area contributed by atoms with Gasteiger partial charge in [-0.1, -0.05) is 29.4 Å². The lowest BCUT2D eigenvalue weighted by atomic mass is 10.1. The summed E-state index contributed by atoms with van der Waals surface area (Å²) < 4.78 is 28.7. The van der Waals surface area contributed by atoms with Gasteiger partial charge in [0.2, 0.25) is 0 Å². The van der Waals surface area contributed by atoms with Crippen molar-refractivity contribution < 1.29 is 23.2 Å². The van der Waals surface area contributed by atoms with Gasteiger partial charge in [0.15, 0.2) is 11.5 Å². The minimum absolute atomic E-state index is 0.120. The molecule has 3 aromatic rings. The van der Waals surface area contributed by atoms with Crippen LogP contribution in [0.15, 0.2) is 59.1 Å². The highest BCUT2D eigenvalue weighted by atomic mass is 19.1. The van der Waals surface area contributed by atoms with E-state index in [1.807, 2.05) is 12.1 Å². The smallest absolute Gasteiger partial charge is 0.360 e. The van der Waals surface area contributed by atoms with E-state index in [0.717, 1.165) is 11.1 Å². The molecule has 2 aromatic carbocycles. The first-order valence-electron chi connectivity index (χ1n) is 7.77. The lowest BCUT2D eigenvalue weighted by Gasteiger charge is -2.07. The Hall–Kier alpha value is -3.15. The zero-order chi connectivity index (χ0) is 17.6. The minimum Gasteiger partial charge on any atom is -0.489 e. The van der Waals surface area contributed by atoms with Crippen molar-refractivity contribution in [3.63, 3.8) is 0 Å². The SMILES string of the molecule is CCOC(=O)c1cc(-c2cccc(OCc3ccc(F)cc3)c2)on1. The second-order valence-electron chi connectivity index (χ2n) is 5.24. The van der Waals surface area contributed by atoms with E-state index in [-0.39, 0.29) is 18.1 Å². The van der Waals surface area contributed by atoms with Crippen LogP contribution in [-0.4, -0.2) is 17.7 Å². The second-order valence-corrected chi connectivity index (χ2v) is 5.24. The standard InChI is InChI=1S/C19H16FNO4/c1-2-23-19(22)17-11-18(25-21-17)14-4-3-5-16(10-14)24-12-13-6-8-15(20)9-7-13/h3-11H,2,12H2,1H3. The van der Waals surface area contributed by atoms with Crippen molar-refractivity contribution in [1.29, 1.82) is 0 Å². The maximum Gasteiger partial charge on any atom is 0.360 e. The summed E-state index contributed by atoms with van der Waals surface area (Å²) >= 11 is 0. The molecule has 6 heteroatoms. The van der Waals surface area contributed by atoms with Crippen LogP contribution in [0.25, 0.3) is 11.3 Å². The number of esters is 1. The fraction of sp³-hybridized carbons (Fsp3) is 0.158. The van der Waals surface area contributed by atoms with Crippen LogP contribution >= 0.6 is 0 Å². The van der Waals surface area contributed by atoms with Crippen molar-refractivity contribution in [2.75, 3.05) is 6.61 Å². The van der Waals surface area contributed by atoms with E-state index in [1.165, 1.54) is 18.2 Å². The Balaban J connectivity index is 1.71. The van der Waals surface area contributed by atoms with Crippen LogP contribution in [0, 0.1) is 5.82 Å². The number of carbonyl (C=O) groups is 1. The number of hydrogen-bond acceptors (Lipinski definition) is 5. The average Bonchev–Trinajstić information content (AvgIpc) is 3.12. The average molecular weight is 341 g/mol. The van der Waals surface area contributed by atoms with E-state index in [4.69, 9.17) is 14.0 Å². The molecule has 0 saturated heterocycles. The van der Waals surface area contributed by atoms with Crippen molar-refractivity contribution in [3.05, 3.63) is 71.7 Å². The molecular formula is C19H16FNO4. The Kier molecular flexibility index (Phi) is 5.09. The minimum atomic E-state index is -0.527. The van der Waals surface area contributed by atoms with Crippen molar-refractivity contribution in [2.24, 2.45) is 0 Å². The van der Waals surface area contributed by atoms with Gasteiger partial charge in [0.1, 0.15) is 18.2 Å². The predicted octanol–water partition coefficient (Wildman–Crippen LogP) is 4.24. The number of aromatic nitrogens is 1. The van der Waals surface area contributed by atoms with E-state index in [9.17, 15) is 9.18 Å². The molecule has 0 aliphatic rings. The molecule has 0 spiro atoms. The van der Waals surface area contributed by atoms with Crippen LogP contribution in [0.4, 0.5) is 4.39 Å². The van der Waals surface area contributed by atoms with Crippen LogP contribution < -0.4 is 4.74 Å². The van der Waals surface area contributed by atoms with Crippen LogP contribution in [0.5, 0.6) is 5.75 Å². The third-order valence-corrected chi connectivity index (χ3v) is 3.43. The monoisotopic (exact) mass is 341 g/mol. The van der Waals surface area contributed by atoms with E-state index in [1.54, 1.807) is 31.2 Å². The summed E-state index contributed by atoms with van der Waals surface area (Å²) in [4.78, 5) is 11.6. The van der Waals surface area contributed by atoms with E-state index < -0.39 is 5.97 Å². The highest BCUT2D eigenvalue weighted by molar-refractivity contribution is 5.88. The molecule has 0 unspecified atom stereocenters. The number of ether oxygens (including phenoxy) is 2. The maximum atomic E-state index is 12.9. The molecule has 1 heterocycles. The Bertz CT molecular complexity index is 858. The fourth-order valence-electron chi connectivity index (χ4n) is 2.20. The van der Waals surface area contributed by atoms with Gasteiger partial charge in [-0.15, -0.1) is 0 Å². The number of nitrogens with zero attached hydrogens (tertiary/aromatic N) is 1. The van der Waals surface area contributed by atoms with Crippen LogP contribution in [-0.2, 0) is 11.3 Å². The van der Waals surface area contributed by atoms with Gasteiger partial charge in [0.25, 0.3) is 0 Å². The molecule has 0 bridgehead atoms. The molecule has 0 N–H and O–H groups in total. The van der Waals surface area contributed by atoms with E-state index in [2.05, 4.69) is 5.16 Å². The molecule has 3 rings (SSSR count). The first kappa shape index (κ1) is 16.7. The first-order chi connectivity index (χ1) is 12.2. The summed E-state index contributed by atoms with van der Waals surface area (Å²) in [6.45, 7) is 2.31. The van der Waals surface area contributed by atoms with Crippen molar-refractivity contribution in [1.82, 2.24) is 5.16 Å². The number of hydrogen-bond donors (Lipinski definition) is 0. The van der Waals surface area contributed by atoms with Crippen LogP contribution in [0.3, 0.4) is 0 Å². The molecule has 0 fully saturated rings. The Labute approximate surface area is 144 Å². The van der Waals surface area contributed by atoms with Crippen molar-refractivity contribution >= 4 is 5.97 Å². The second kappa shape index (κ2) is 7.61. The zero-order valence-electron chi connectivity index (χ0n) is 13.6. The van der Waals surface area contributed by atoms with Gasteiger partial charge in [-0.05, 0) is 36.8 Å². The molecule has 0 radical (unpaired) electrons. The fourth-order valence-corrected chi connectivity index (χ4v) is 2.20. The zero-order valence-corrected chi connectivity index (χ0v) is 13.6. The molecule has 0 aliphatic carbocycles. The quantitative estimate of drug-likeness (QED) is 0.628. The summed E-state index contributed by atoms with van der Waals surface area (Å²) in [6.07, 6.45) is 0. The summed E-state index contributed by atoms with van der Waals surface area (Å²) in [5, 5.41) is 3.72. The van der Waals surface area contributed by atoms with Crippen LogP contribution in [0.2, 0.25) is 0 Å². The number of carbonyl (C=O) groups excluding carboxylic acids is 1. The van der Waals surface area contributed by atoms with Crippen LogP contribution in [0.1, 0.15) is 23.0 Å². The molecule has 25 heavy (non-hydrogen) atoms. The Morgan fingerprint density at radius 1 is 1.16 bits per heavy atom. The van der Waals surface area contributed by atoms with E-state index >= 15 is 0 Å². The maximum absolute atomic E-state index is 12.9. The van der Waals surface area contributed by atoms with E-state index in [0.29, 0.717) is 18.1 Å². The third kappa shape index (κ3) is 4.23. The van der Waals surface area contributed by atoms with Crippen molar-refractivity contribution in [2.45, 2.75) is 13.5 Å². The summed E-state index contributed by atoms with van der Waals surface area (Å²) in [6, 6.07) is 14.8. The highest BCUT2D eigenvalue weighted by Gasteiger charge is 2.14. The molecule has 128 valence electrons. The summed E-state index contributed by atoms with van der Waals surface area (Å²) in [5.74, 6) is 0.251. The highest BCUT2D eigenvalue weighted by Crippen LogP contribution is 2.25. The first-order valence-corrected chi connectivity index (χ1v) is 7.77. The normalized spacial score (nSPS) is 10.5. The molecule has 0 amide bonds. The molecule has 5 nitrogen and oxygen atoms in total. The lowest BCUT2D eigenvalue weighted by Crippen LogP contribution is -2.04. The van der Waals surface area contributed by atoms with Gasteiger partial charge in [-0.25, -0.2) is 9.18 Å². The molecule has 0 atom stereocenters. The van der Waals surface area contributed by atoms with Gasteiger partial charge in [-0.3, -0.25) is 0 Å². The van der Waals surface area contributed by atoms with Gasteiger partial charge < -0.3 is 14.0 Å². The Morgan fingerprint density at radius 3 is 2.72 bits per heavy atom. The van der Waals surface area contributed by atoms with Crippen molar-refractivity contribution in [3.8, 4) is 17.1 Å². The Morgan fingerprint density at radius 2 is 1.96 bits per heavy atom. The van der Waals surface area contributed by atoms with Gasteiger partial charge in [0.05, 0.1) is 6.61 Å². The number of rotatable bonds is 6. The van der Waals surface area contributed by atoms with Gasteiger partial charge >= 0.3 is 5.97 Å². The largest absolute Gasteiger partial charge is 0.489 e. The van der Waals surface area contributed by atoms with Gasteiger partial charge in [-0.2, -0.15) is 0 Å². The van der Waals surface area contributed by atoms with Gasteiger partial charge in [0, 0.05) is 11.6 Å². The number of halogens is 1. The number of benzene rings is 2. The third-order valence-electron chi connectivity index (χ3n) is 3.43. The summed E-state index contributed by atoms with van der Waals surface area (Å²) in [5.41, 5.74) is 1.70.